The molecule has 1 saturated carbocycles. The first-order chi connectivity index (χ1) is 14.5. The van der Waals surface area contributed by atoms with Crippen LogP contribution in [-0.4, -0.2) is 29.6 Å². The second-order valence-corrected chi connectivity index (χ2v) is 9.63. The first kappa shape index (κ1) is 21.1. The molecule has 1 fully saturated rings. The van der Waals surface area contributed by atoms with Crippen LogP contribution in [0, 0.1) is 23.7 Å². The van der Waals surface area contributed by atoms with Crippen LogP contribution in [0.3, 0.4) is 0 Å². The van der Waals surface area contributed by atoms with E-state index in [0.29, 0.717) is 17.0 Å². The van der Waals surface area contributed by atoms with Gasteiger partial charge in [0.25, 0.3) is 0 Å². The second-order valence-electron chi connectivity index (χ2n) is 8.52. The Bertz CT molecular complexity index is 873. The van der Waals surface area contributed by atoms with Gasteiger partial charge in [0.05, 0.1) is 24.0 Å². The molecule has 0 aliphatic heterocycles. The van der Waals surface area contributed by atoms with Crippen molar-refractivity contribution < 1.29 is 24.2 Å². The Labute approximate surface area is 180 Å². The molecule has 1 aromatic heterocycles. The number of anilines is 1. The highest BCUT2D eigenvalue weighted by Gasteiger charge is 2.51. The highest BCUT2D eigenvalue weighted by atomic mass is 32.1. The predicted molar refractivity (Wildman–Crippen MR) is 115 cm³/mol. The number of carboxylic acids is 1. The molecule has 0 saturated heterocycles. The third kappa shape index (κ3) is 3.92. The third-order valence-electron chi connectivity index (χ3n) is 6.68. The number of rotatable bonds is 5. The highest BCUT2D eigenvalue weighted by molar-refractivity contribution is 7.17. The van der Waals surface area contributed by atoms with Gasteiger partial charge in [0.15, 0.2) is 0 Å². The molecular weight excluding hydrogens is 402 g/mol. The molecule has 3 aliphatic carbocycles. The van der Waals surface area contributed by atoms with E-state index in [4.69, 9.17) is 4.74 Å². The largest absolute Gasteiger partial charge is 0.481 e. The van der Waals surface area contributed by atoms with Gasteiger partial charge in [-0.15, -0.1) is 11.3 Å². The fourth-order valence-corrected chi connectivity index (χ4v) is 6.60. The SMILES string of the molecule is CCOC(=O)c1c(NC(=O)[C@H]2[C@@H](C(=O)O)[C@H]3C=C[C@H]2C3)sc2c1CCCCCCC2. The first-order valence-electron chi connectivity index (χ1n) is 11.0. The fourth-order valence-electron chi connectivity index (χ4n) is 5.32. The van der Waals surface area contributed by atoms with Crippen molar-refractivity contribution in [2.24, 2.45) is 23.7 Å². The van der Waals surface area contributed by atoms with Crippen LogP contribution in [0.2, 0.25) is 0 Å². The lowest BCUT2D eigenvalue weighted by molar-refractivity contribution is -0.146. The fraction of sp³-hybridized carbons (Fsp3) is 0.609. The second kappa shape index (κ2) is 8.92. The van der Waals surface area contributed by atoms with Crippen LogP contribution < -0.4 is 5.32 Å². The van der Waals surface area contributed by atoms with Crippen LogP contribution in [0.4, 0.5) is 5.00 Å². The van der Waals surface area contributed by atoms with E-state index in [-0.39, 0.29) is 24.3 Å². The zero-order valence-corrected chi connectivity index (χ0v) is 18.1. The maximum Gasteiger partial charge on any atom is 0.341 e. The smallest absolute Gasteiger partial charge is 0.341 e. The number of aliphatic carboxylic acids is 1. The van der Waals surface area contributed by atoms with E-state index in [9.17, 15) is 19.5 Å². The number of hydrogen-bond donors (Lipinski definition) is 2. The molecule has 4 atom stereocenters. The number of esters is 1. The van der Waals surface area contributed by atoms with Crippen molar-refractivity contribution >= 4 is 34.2 Å². The summed E-state index contributed by atoms with van der Waals surface area (Å²) in [4.78, 5) is 39.0. The number of hydrogen-bond acceptors (Lipinski definition) is 5. The Morgan fingerprint density at radius 1 is 1.07 bits per heavy atom. The number of fused-ring (bicyclic) bond motifs is 3. The molecule has 0 spiro atoms. The molecule has 2 N–H and O–H groups in total. The van der Waals surface area contributed by atoms with Crippen LogP contribution in [0.5, 0.6) is 0 Å². The van der Waals surface area contributed by atoms with Gasteiger partial charge in [-0.3, -0.25) is 9.59 Å². The molecule has 0 radical (unpaired) electrons. The molecule has 30 heavy (non-hydrogen) atoms. The Hall–Kier alpha value is -2.15. The first-order valence-corrected chi connectivity index (χ1v) is 11.9. The summed E-state index contributed by atoms with van der Waals surface area (Å²) in [5, 5.41) is 13.2. The molecule has 0 unspecified atom stereocenters. The molecule has 2 bridgehead atoms. The quantitative estimate of drug-likeness (QED) is 0.531. The number of allylic oxidation sites excluding steroid dienone is 2. The van der Waals surface area contributed by atoms with Crippen LogP contribution in [0.15, 0.2) is 12.2 Å². The average molecular weight is 432 g/mol. The number of amides is 1. The Morgan fingerprint density at radius 2 is 1.73 bits per heavy atom. The summed E-state index contributed by atoms with van der Waals surface area (Å²) >= 11 is 1.47. The number of aryl methyl sites for hydroxylation is 1. The van der Waals surface area contributed by atoms with Crippen molar-refractivity contribution in [1.82, 2.24) is 0 Å². The van der Waals surface area contributed by atoms with E-state index in [1.54, 1.807) is 6.92 Å². The molecule has 1 aromatic rings. The van der Waals surface area contributed by atoms with Crippen molar-refractivity contribution in [3.63, 3.8) is 0 Å². The van der Waals surface area contributed by atoms with Gasteiger partial charge < -0.3 is 15.2 Å². The maximum absolute atomic E-state index is 13.2. The summed E-state index contributed by atoms with van der Waals surface area (Å²) in [6.07, 6.45) is 11.9. The molecule has 1 heterocycles. The number of nitrogens with one attached hydrogen (secondary N) is 1. The molecule has 0 aromatic carbocycles. The number of carbonyl (C=O) groups excluding carboxylic acids is 2. The lowest BCUT2D eigenvalue weighted by atomic mass is 9.82. The Kier molecular flexibility index (Phi) is 6.27. The molecule has 6 nitrogen and oxygen atoms in total. The van der Waals surface area contributed by atoms with Gasteiger partial charge in [0.2, 0.25) is 5.91 Å². The standard InChI is InChI=1S/C23H29NO5S/c1-2-29-23(28)19-15-8-6-4-3-5-7-9-16(15)30-21(19)24-20(25)17-13-10-11-14(12-13)18(17)22(26)27/h10-11,13-14,17-18H,2-9,12H2,1H3,(H,24,25)(H,26,27)/t13-,14-,17+,18-/m0/s1. The van der Waals surface area contributed by atoms with E-state index >= 15 is 0 Å². The van der Waals surface area contributed by atoms with Crippen molar-refractivity contribution in [1.29, 1.82) is 0 Å². The zero-order valence-electron chi connectivity index (χ0n) is 17.3. The molecule has 162 valence electrons. The van der Waals surface area contributed by atoms with E-state index in [0.717, 1.165) is 42.5 Å². The minimum Gasteiger partial charge on any atom is -0.481 e. The summed E-state index contributed by atoms with van der Waals surface area (Å²) in [6, 6.07) is 0. The Balaban J connectivity index is 1.64. The maximum atomic E-state index is 13.2. The molecule has 4 rings (SSSR count). The van der Waals surface area contributed by atoms with Gasteiger partial charge in [0.1, 0.15) is 5.00 Å². The summed E-state index contributed by atoms with van der Waals surface area (Å²) in [5.41, 5.74) is 1.50. The molecule has 7 heteroatoms. The van der Waals surface area contributed by atoms with Crippen LogP contribution in [-0.2, 0) is 27.2 Å². The van der Waals surface area contributed by atoms with E-state index < -0.39 is 23.8 Å². The third-order valence-corrected chi connectivity index (χ3v) is 7.89. The summed E-state index contributed by atoms with van der Waals surface area (Å²) < 4.78 is 5.32. The van der Waals surface area contributed by atoms with Crippen molar-refractivity contribution in [3.8, 4) is 0 Å². The van der Waals surface area contributed by atoms with Gasteiger partial charge >= 0.3 is 11.9 Å². The minimum absolute atomic E-state index is 0.0494. The summed E-state index contributed by atoms with van der Waals surface area (Å²) in [6.45, 7) is 2.05. The minimum atomic E-state index is -0.924. The lowest BCUT2D eigenvalue weighted by Gasteiger charge is -2.23. The van der Waals surface area contributed by atoms with E-state index in [1.807, 2.05) is 12.2 Å². The van der Waals surface area contributed by atoms with E-state index in [1.165, 1.54) is 24.2 Å². The summed E-state index contributed by atoms with van der Waals surface area (Å²) in [7, 11) is 0. The average Bonchev–Trinajstić information content (AvgIpc) is 3.40. The normalized spacial score (nSPS) is 27.6. The molecule has 3 aliphatic rings. The lowest BCUT2D eigenvalue weighted by Crippen LogP contribution is -2.36. The number of thiophene rings is 1. The van der Waals surface area contributed by atoms with Crippen LogP contribution in [0.1, 0.15) is 66.2 Å². The van der Waals surface area contributed by atoms with Crippen molar-refractivity contribution in [2.45, 2.75) is 58.3 Å². The molecule has 1 amide bonds. The Morgan fingerprint density at radius 3 is 2.43 bits per heavy atom. The molecular formula is C23H29NO5S. The highest BCUT2D eigenvalue weighted by Crippen LogP contribution is 2.49. The predicted octanol–water partition coefficient (Wildman–Crippen LogP) is 4.44. The van der Waals surface area contributed by atoms with Crippen molar-refractivity contribution in [2.75, 3.05) is 11.9 Å². The van der Waals surface area contributed by atoms with Gasteiger partial charge in [0, 0.05) is 4.88 Å². The van der Waals surface area contributed by atoms with E-state index in [2.05, 4.69) is 5.32 Å². The van der Waals surface area contributed by atoms with Crippen molar-refractivity contribution in [3.05, 3.63) is 28.2 Å². The number of carbonyl (C=O) groups is 3. The van der Waals surface area contributed by atoms with Crippen LogP contribution in [0.25, 0.3) is 0 Å². The van der Waals surface area contributed by atoms with Gasteiger partial charge in [-0.05, 0) is 56.4 Å². The summed E-state index contributed by atoms with van der Waals surface area (Å²) in [5.74, 6) is -3.04. The monoisotopic (exact) mass is 431 g/mol. The number of carboxylic acid groups (broad SMARTS) is 1. The van der Waals surface area contributed by atoms with Gasteiger partial charge in [-0.1, -0.05) is 31.4 Å². The zero-order chi connectivity index (χ0) is 21.3. The van der Waals surface area contributed by atoms with Gasteiger partial charge in [-0.25, -0.2) is 4.79 Å². The van der Waals surface area contributed by atoms with Crippen LogP contribution >= 0.6 is 11.3 Å². The topological polar surface area (TPSA) is 92.7 Å². The van der Waals surface area contributed by atoms with Gasteiger partial charge in [-0.2, -0.15) is 0 Å². The number of ether oxygens (including phenoxy) is 1.